The Morgan fingerprint density at radius 1 is 0.900 bits per heavy atom. The summed E-state index contributed by atoms with van der Waals surface area (Å²) < 4.78 is 27.1. The van der Waals surface area contributed by atoms with E-state index in [9.17, 15) is 13.2 Å². The molecule has 0 saturated heterocycles. The summed E-state index contributed by atoms with van der Waals surface area (Å²) >= 11 is 5.95. The Hall–Kier alpha value is -3.22. The van der Waals surface area contributed by atoms with Crippen LogP contribution >= 0.6 is 11.6 Å². The van der Waals surface area contributed by atoms with E-state index in [0.29, 0.717) is 5.02 Å². The van der Waals surface area contributed by atoms with Gasteiger partial charge in [0.15, 0.2) is 0 Å². The third-order valence-electron chi connectivity index (χ3n) is 5.24. The largest absolute Gasteiger partial charge is 0.269 e. The number of fused-ring (bicyclic) bond motifs is 2. The van der Waals surface area contributed by atoms with Gasteiger partial charge >= 0.3 is 0 Å². The predicted octanol–water partition coefficient (Wildman–Crippen LogP) is 4.90. The minimum absolute atomic E-state index is 0.0311. The van der Waals surface area contributed by atoms with Crippen LogP contribution in [-0.4, -0.2) is 23.6 Å². The Morgan fingerprint density at radius 2 is 1.63 bits per heavy atom. The van der Waals surface area contributed by atoms with Crippen molar-refractivity contribution in [1.82, 2.24) is 9.29 Å². The molecule has 1 amide bonds. The van der Waals surface area contributed by atoms with Crippen LogP contribution in [0.25, 0.3) is 22.0 Å². The summed E-state index contributed by atoms with van der Waals surface area (Å²) in [7, 11) is -3.93. The van der Waals surface area contributed by atoms with Gasteiger partial charge in [0.05, 0.1) is 17.6 Å². The van der Waals surface area contributed by atoms with E-state index in [-0.39, 0.29) is 17.0 Å². The molecule has 0 spiro atoms. The molecule has 2 heterocycles. The lowest BCUT2D eigenvalue weighted by atomic mass is 10.0. The van der Waals surface area contributed by atoms with E-state index in [1.54, 1.807) is 36.5 Å². The van der Waals surface area contributed by atoms with Gasteiger partial charge in [-0.15, -0.1) is 0 Å². The second-order valence-electron chi connectivity index (χ2n) is 7.02. The molecule has 1 aliphatic rings. The zero-order valence-electron chi connectivity index (χ0n) is 15.6. The zero-order chi connectivity index (χ0) is 20.9. The topological polar surface area (TPSA) is 67.3 Å². The van der Waals surface area contributed by atoms with Gasteiger partial charge in [0.2, 0.25) is 0 Å². The molecule has 148 valence electrons. The van der Waals surface area contributed by atoms with E-state index in [4.69, 9.17) is 11.6 Å². The number of halogens is 1. The highest BCUT2D eigenvalue weighted by atomic mass is 35.5. The summed E-state index contributed by atoms with van der Waals surface area (Å²) in [6.07, 6.45) is 1.62. The standard InChI is InChI=1S/C23H15ClN2O3S/c24-18-8-5-15(6-9-18)16-7-10-22-20(13-16)23(27)26(30(22,28)29)14-17-11-12-25-21-4-2-1-3-19(17)21/h1-13H,14H2. The van der Waals surface area contributed by atoms with Gasteiger partial charge in [-0.25, -0.2) is 12.7 Å². The van der Waals surface area contributed by atoms with Crippen molar-refractivity contribution in [3.8, 4) is 11.1 Å². The van der Waals surface area contributed by atoms with Gasteiger partial charge in [-0.3, -0.25) is 9.78 Å². The van der Waals surface area contributed by atoms with Crippen LogP contribution in [0.3, 0.4) is 0 Å². The van der Waals surface area contributed by atoms with Crippen molar-refractivity contribution in [3.63, 3.8) is 0 Å². The van der Waals surface area contributed by atoms with Crippen molar-refractivity contribution in [2.45, 2.75) is 11.4 Å². The number of carbonyl (C=O) groups is 1. The Labute approximate surface area is 178 Å². The predicted molar refractivity (Wildman–Crippen MR) is 116 cm³/mol. The molecule has 7 heteroatoms. The Balaban J connectivity index is 1.56. The lowest BCUT2D eigenvalue weighted by Crippen LogP contribution is -2.29. The van der Waals surface area contributed by atoms with Crippen LogP contribution < -0.4 is 0 Å². The molecule has 0 aliphatic carbocycles. The Bertz CT molecular complexity index is 1410. The number of hydrogen-bond acceptors (Lipinski definition) is 4. The van der Waals surface area contributed by atoms with Crippen molar-refractivity contribution in [3.05, 3.63) is 95.1 Å². The van der Waals surface area contributed by atoms with Crippen molar-refractivity contribution < 1.29 is 13.2 Å². The quantitative estimate of drug-likeness (QED) is 0.460. The highest BCUT2D eigenvalue weighted by Gasteiger charge is 2.41. The lowest BCUT2D eigenvalue weighted by molar-refractivity contribution is 0.0865. The molecule has 3 aromatic carbocycles. The number of para-hydroxylation sites is 1. The summed E-state index contributed by atoms with van der Waals surface area (Å²) in [4.78, 5) is 17.4. The number of benzene rings is 3. The van der Waals surface area contributed by atoms with E-state index in [2.05, 4.69) is 4.98 Å². The molecule has 1 aliphatic heterocycles. The normalized spacial score (nSPS) is 14.8. The highest BCUT2D eigenvalue weighted by Crippen LogP contribution is 2.35. The van der Waals surface area contributed by atoms with E-state index in [0.717, 1.165) is 31.9 Å². The minimum Gasteiger partial charge on any atom is -0.268 e. The first kappa shape index (κ1) is 18.8. The number of aromatic nitrogens is 1. The Morgan fingerprint density at radius 3 is 2.43 bits per heavy atom. The number of nitrogens with zero attached hydrogens (tertiary/aromatic N) is 2. The van der Waals surface area contributed by atoms with Crippen molar-refractivity contribution in [1.29, 1.82) is 0 Å². The summed E-state index contributed by atoms with van der Waals surface area (Å²) in [5.41, 5.74) is 3.27. The van der Waals surface area contributed by atoms with Gasteiger partial charge < -0.3 is 0 Å². The zero-order valence-corrected chi connectivity index (χ0v) is 17.2. The van der Waals surface area contributed by atoms with Gasteiger partial charge in [0.1, 0.15) is 4.90 Å². The first-order chi connectivity index (χ1) is 14.4. The minimum atomic E-state index is -3.93. The summed E-state index contributed by atoms with van der Waals surface area (Å²) in [5.74, 6) is -0.526. The van der Waals surface area contributed by atoms with E-state index in [1.165, 1.54) is 6.07 Å². The number of amides is 1. The number of sulfonamides is 1. The highest BCUT2D eigenvalue weighted by molar-refractivity contribution is 7.90. The molecule has 5 nitrogen and oxygen atoms in total. The van der Waals surface area contributed by atoms with Gasteiger partial charge in [-0.2, -0.15) is 0 Å². The molecule has 30 heavy (non-hydrogen) atoms. The van der Waals surface area contributed by atoms with Crippen molar-refractivity contribution >= 4 is 38.4 Å². The van der Waals surface area contributed by atoms with Crippen LogP contribution in [-0.2, 0) is 16.6 Å². The van der Waals surface area contributed by atoms with Crippen molar-refractivity contribution in [2.24, 2.45) is 0 Å². The van der Waals surface area contributed by atoms with Crippen LogP contribution in [0.1, 0.15) is 15.9 Å². The molecule has 1 aromatic heterocycles. The monoisotopic (exact) mass is 434 g/mol. The molecule has 0 saturated carbocycles. The molecule has 0 bridgehead atoms. The van der Waals surface area contributed by atoms with Crippen LogP contribution in [0, 0.1) is 0 Å². The fourth-order valence-electron chi connectivity index (χ4n) is 3.71. The van der Waals surface area contributed by atoms with Crippen LogP contribution in [0.5, 0.6) is 0 Å². The fraction of sp³-hybridized carbons (Fsp3) is 0.0435. The molecule has 5 rings (SSSR count). The maximum absolute atomic E-state index is 13.1. The summed E-state index contributed by atoms with van der Waals surface area (Å²) in [5, 5.41) is 1.43. The molecular formula is C23H15ClN2O3S. The second-order valence-corrected chi connectivity index (χ2v) is 9.29. The van der Waals surface area contributed by atoms with E-state index < -0.39 is 15.9 Å². The molecule has 0 atom stereocenters. The molecule has 4 aromatic rings. The van der Waals surface area contributed by atoms with Gasteiger partial charge in [-0.1, -0.05) is 48.0 Å². The number of carbonyl (C=O) groups excluding carboxylic acids is 1. The van der Waals surface area contributed by atoms with Gasteiger partial charge in [0, 0.05) is 16.6 Å². The molecule has 0 unspecified atom stereocenters. The number of rotatable bonds is 3. The lowest BCUT2D eigenvalue weighted by Gasteiger charge is -2.16. The molecule has 0 radical (unpaired) electrons. The fourth-order valence-corrected chi connectivity index (χ4v) is 5.36. The smallest absolute Gasteiger partial charge is 0.268 e. The van der Waals surface area contributed by atoms with Crippen LogP contribution in [0.15, 0.2) is 83.9 Å². The second kappa shape index (κ2) is 6.93. The average molecular weight is 435 g/mol. The third-order valence-corrected chi connectivity index (χ3v) is 7.27. The maximum atomic E-state index is 13.1. The molecule has 0 N–H and O–H groups in total. The number of pyridine rings is 1. The third kappa shape index (κ3) is 2.96. The first-order valence-electron chi connectivity index (χ1n) is 9.25. The van der Waals surface area contributed by atoms with Crippen LogP contribution in [0.2, 0.25) is 5.02 Å². The van der Waals surface area contributed by atoms with Gasteiger partial charge in [0.25, 0.3) is 15.9 Å². The summed E-state index contributed by atoms with van der Waals surface area (Å²) in [6, 6.07) is 21.2. The Kier molecular flexibility index (Phi) is 4.34. The van der Waals surface area contributed by atoms with Gasteiger partial charge in [-0.05, 0) is 53.1 Å². The van der Waals surface area contributed by atoms with E-state index >= 15 is 0 Å². The first-order valence-corrected chi connectivity index (χ1v) is 11.1. The molecular weight excluding hydrogens is 420 g/mol. The van der Waals surface area contributed by atoms with E-state index in [1.807, 2.05) is 36.4 Å². The maximum Gasteiger partial charge on any atom is 0.269 e. The number of hydrogen-bond donors (Lipinski definition) is 0. The van der Waals surface area contributed by atoms with Crippen molar-refractivity contribution in [2.75, 3.05) is 0 Å². The summed E-state index contributed by atoms with van der Waals surface area (Å²) in [6.45, 7) is -0.0465. The van der Waals surface area contributed by atoms with Crippen LogP contribution in [0.4, 0.5) is 0 Å². The molecule has 0 fully saturated rings. The average Bonchev–Trinajstić information content (AvgIpc) is 2.95. The SMILES string of the molecule is O=C1c2cc(-c3ccc(Cl)cc3)ccc2S(=O)(=O)N1Cc1ccnc2ccccc12.